The highest BCUT2D eigenvalue weighted by Crippen LogP contribution is 2.23. The van der Waals surface area contributed by atoms with Crippen LogP contribution in [-0.4, -0.2) is 49.7 Å². The molecule has 4 rings (SSSR count). The molecule has 3 aromatic carbocycles. The van der Waals surface area contributed by atoms with E-state index in [2.05, 4.69) is 64.1 Å². The number of nitrogens with zero attached hydrogens (tertiary/aromatic N) is 1. The maximum absolute atomic E-state index is 12.9. The molecule has 1 saturated heterocycles. The molecular weight excluding hydrogens is 422 g/mol. The van der Waals surface area contributed by atoms with Gasteiger partial charge in [-0.3, -0.25) is 9.69 Å². The first-order chi connectivity index (χ1) is 15.6. The number of amides is 1. The van der Waals surface area contributed by atoms with E-state index in [0.717, 1.165) is 25.1 Å². The zero-order valence-corrected chi connectivity index (χ0v) is 19.1. The van der Waals surface area contributed by atoms with Crippen LogP contribution in [0, 0.1) is 0 Å². The fourth-order valence-electron chi connectivity index (χ4n) is 4.37. The lowest BCUT2D eigenvalue weighted by atomic mass is 10.1. The summed E-state index contributed by atoms with van der Waals surface area (Å²) in [6.45, 7) is 3.31. The Kier molecular flexibility index (Phi) is 7.76. The number of halogens is 1. The number of nitrogens with one attached hydrogen (secondary N) is 2. The van der Waals surface area contributed by atoms with Crippen molar-refractivity contribution < 1.29 is 9.53 Å². The Morgan fingerprint density at radius 3 is 2.72 bits per heavy atom. The molecule has 1 heterocycles. The van der Waals surface area contributed by atoms with Crippen LogP contribution in [0.3, 0.4) is 0 Å². The highest BCUT2D eigenvalue weighted by molar-refractivity contribution is 6.30. The molecule has 1 fully saturated rings. The summed E-state index contributed by atoms with van der Waals surface area (Å²) in [4.78, 5) is 15.1. The third-order valence-corrected chi connectivity index (χ3v) is 6.23. The summed E-state index contributed by atoms with van der Waals surface area (Å²) < 4.78 is 5.07. The number of benzene rings is 3. The summed E-state index contributed by atoms with van der Waals surface area (Å²) in [6.07, 6.45) is 0.771. The van der Waals surface area contributed by atoms with Crippen LogP contribution in [0.2, 0.25) is 5.02 Å². The average Bonchev–Trinajstić information content (AvgIpc) is 3.20. The third kappa shape index (κ3) is 5.87. The topological polar surface area (TPSA) is 53.6 Å². The van der Waals surface area contributed by atoms with Gasteiger partial charge >= 0.3 is 0 Å². The van der Waals surface area contributed by atoms with Crippen molar-refractivity contribution in [3.63, 3.8) is 0 Å². The van der Waals surface area contributed by atoms with E-state index in [1.54, 1.807) is 7.11 Å². The number of rotatable bonds is 9. The molecule has 5 nitrogen and oxygen atoms in total. The van der Waals surface area contributed by atoms with Gasteiger partial charge < -0.3 is 15.4 Å². The van der Waals surface area contributed by atoms with E-state index < -0.39 is 0 Å². The van der Waals surface area contributed by atoms with Gasteiger partial charge in [0.25, 0.3) is 0 Å². The van der Waals surface area contributed by atoms with Gasteiger partial charge in [0.1, 0.15) is 0 Å². The smallest absolute Gasteiger partial charge is 0.237 e. The van der Waals surface area contributed by atoms with Gasteiger partial charge in [0.05, 0.1) is 12.6 Å². The van der Waals surface area contributed by atoms with Crippen molar-refractivity contribution in [3.05, 3.63) is 82.9 Å². The van der Waals surface area contributed by atoms with Crippen LogP contribution in [0.25, 0.3) is 10.8 Å². The normalized spacial score (nSPS) is 18.8. The molecule has 1 aliphatic rings. The van der Waals surface area contributed by atoms with Gasteiger partial charge in [-0.2, -0.15) is 0 Å². The quantitative estimate of drug-likeness (QED) is 0.483. The third-order valence-electron chi connectivity index (χ3n) is 5.99. The predicted octanol–water partition coefficient (Wildman–Crippen LogP) is 3.99. The number of hydrogen-bond donors (Lipinski definition) is 2. The zero-order valence-electron chi connectivity index (χ0n) is 18.4. The maximum atomic E-state index is 12.9. The lowest BCUT2D eigenvalue weighted by Crippen LogP contribution is -2.43. The minimum absolute atomic E-state index is 0.0547. The van der Waals surface area contributed by atoms with Gasteiger partial charge in [-0.25, -0.2) is 0 Å². The van der Waals surface area contributed by atoms with Crippen molar-refractivity contribution >= 4 is 28.3 Å². The van der Waals surface area contributed by atoms with Crippen LogP contribution in [0.1, 0.15) is 17.5 Å². The number of methoxy groups -OCH3 is 1. The second-order valence-electron chi connectivity index (χ2n) is 8.35. The van der Waals surface area contributed by atoms with Crippen molar-refractivity contribution in [2.75, 3.05) is 26.8 Å². The second-order valence-corrected chi connectivity index (χ2v) is 8.79. The van der Waals surface area contributed by atoms with E-state index in [9.17, 15) is 4.79 Å². The average molecular weight is 452 g/mol. The van der Waals surface area contributed by atoms with Crippen LogP contribution < -0.4 is 10.6 Å². The molecule has 0 unspecified atom stereocenters. The van der Waals surface area contributed by atoms with Crippen LogP contribution in [0.5, 0.6) is 0 Å². The number of fused-ring (bicyclic) bond motifs is 1. The van der Waals surface area contributed by atoms with E-state index in [0.29, 0.717) is 24.7 Å². The van der Waals surface area contributed by atoms with Crippen LogP contribution in [-0.2, 0) is 22.6 Å². The van der Waals surface area contributed by atoms with Crippen molar-refractivity contribution in [1.29, 1.82) is 0 Å². The maximum Gasteiger partial charge on any atom is 0.237 e. The summed E-state index contributed by atoms with van der Waals surface area (Å²) in [6, 6.07) is 22.9. The summed E-state index contributed by atoms with van der Waals surface area (Å²) in [5.74, 6) is 0.0547. The summed E-state index contributed by atoms with van der Waals surface area (Å²) >= 11 is 6.18. The fourth-order valence-corrected chi connectivity index (χ4v) is 4.59. The van der Waals surface area contributed by atoms with Gasteiger partial charge in [0.2, 0.25) is 5.91 Å². The molecule has 0 bridgehead atoms. The highest BCUT2D eigenvalue weighted by atomic mass is 35.5. The molecule has 2 N–H and O–H groups in total. The van der Waals surface area contributed by atoms with Gasteiger partial charge in [-0.15, -0.1) is 0 Å². The molecule has 32 heavy (non-hydrogen) atoms. The monoisotopic (exact) mass is 451 g/mol. The van der Waals surface area contributed by atoms with Crippen molar-refractivity contribution in [2.45, 2.75) is 31.6 Å². The molecule has 0 radical (unpaired) electrons. The number of carbonyl (C=O) groups excluding carboxylic acids is 1. The molecule has 1 aliphatic heterocycles. The number of hydrogen-bond acceptors (Lipinski definition) is 4. The number of ether oxygens (including phenoxy) is 1. The van der Waals surface area contributed by atoms with E-state index in [-0.39, 0.29) is 18.0 Å². The predicted molar refractivity (Wildman–Crippen MR) is 130 cm³/mol. The first-order valence-electron chi connectivity index (χ1n) is 11.1. The van der Waals surface area contributed by atoms with E-state index in [1.165, 1.54) is 16.3 Å². The Morgan fingerprint density at radius 2 is 1.91 bits per heavy atom. The van der Waals surface area contributed by atoms with Crippen molar-refractivity contribution in [3.8, 4) is 0 Å². The van der Waals surface area contributed by atoms with Crippen molar-refractivity contribution in [1.82, 2.24) is 15.5 Å². The lowest BCUT2D eigenvalue weighted by molar-refractivity contribution is -0.125. The van der Waals surface area contributed by atoms with Crippen LogP contribution in [0.4, 0.5) is 0 Å². The standard InChI is InChI=1S/C26H30ClN3O2/c1-32-12-11-28-26(31)25-15-24(18-30(25)17-20-5-4-8-23(27)14-20)29-16-19-9-10-21-6-2-3-7-22(21)13-19/h2-10,13-14,24-25,29H,11-12,15-18H2,1H3,(H,28,31)/t24-,25-/m0/s1. The number of likely N-dealkylation sites (tertiary alicyclic amines) is 1. The largest absolute Gasteiger partial charge is 0.383 e. The van der Waals surface area contributed by atoms with Gasteiger partial charge in [0.15, 0.2) is 0 Å². The molecule has 6 heteroatoms. The molecule has 0 saturated carbocycles. The second kappa shape index (κ2) is 10.9. The lowest BCUT2D eigenvalue weighted by Gasteiger charge is -2.23. The zero-order chi connectivity index (χ0) is 22.3. The van der Waals surface area contributed by atoms with E-state index in [4.69, 9.17) is 16.3 Å². The summed E-state index contributed by atoms with van der Waals surface area (Å²) in [7, 11) is 1.64. The Morgan fingerprint density at radius 1 is 1.06 bits per heavy atom. The van der Waals surface area contributed by atoms with Gasteiger partial charge in [0, 0.05) is 44.4 Å². The SMILES string of the molecule is COCCNC(=O)[C@@H]1C[C@H](NCc2ccc3ccccc3c2)CN1Cc1cccc(Cl)c1. The van der Waals surface area contributed by atoms with Gasteiger partial charge in [-0.1, -0.05) is 60.1 Å². The fraction of sp³-hybridized carbons (Fsp3) is 0.346. The first kappa shape index (κ1) is 22.7. The van der Waals surface area contributed by atoms with E-state index in [1.807, 2.05) is 18.2 Å². The summed E-state index contributed by atoms with van der Waals surface area (Å²) in [5.41, 5.74) is 2.36. The highest BCUT2D eigenvalue weighted by Gasteiger charge is 2.36. The molecule has 3 aromatic rings. The first-order valence-corrected chi connectivity index (χ1v) is 11.5. The Labute approximate surface area is 194 Å². The molecule has 0 aliphatic carbocycles. The minimum atomic E-state index is -0.181. The molecule has 2 atom stereocenters. The Bertz CT molecular complexity index is 1060. The molecule has 0 aromatic heterocycles. The van der Waals surface area contributed by atoms with Crippen LogP contribution >= 0.6 is 11.6 Å². The molecule has 1 amide bonds. The van der Waals surface area contributed by atoms with Crippen molar-refractivity contribution in [2.24, 2.45) is 0 Å². The molecular formula is C26H30ClN3O2. The number of carbonyl (C=O) groups is 1. The van der Waals surface area contributed by atoms with Crippen LogP contribution in [0.15, 0.2) is 66.7 Å². The molecule has 168 valence electrons. The minimum Gasteiger partial charge on any atom is -0.383 e. The Balaban J connectivity index is 1.42. The van der Waals surface area contributed by atoms with E-state index >= 15 is 0 Å². The Hall–Kier alpha value is -2.44. The summed E-state index contributed by atoms with van der Waals surface area (Å²) in [5, 5.41) is 9.89. The van der Waals surface area contributed by atoms with Gasteiger partial charge in [-0.05, 0) is 46.5 Å². The molecule has 0 spiro atoms.